The van der Waals surface area contributed by atoms with Crippen LogP contribution >= 0.6 is 0 Å². The van der Waals surface area contributed by atoms with Crippen molar-refractivity contribution < 1.29 is 9.53 Å². The van der Waals surface area contributed by atoms with Gasteiger partial charge in [-0.25, -0.2) is 10.2 Å². The zero-order chi connectivity index (χ0) is 14.1. The number of ether oxygens (including phenoxy) is 1. The largest absolute Gasteiger partial charge is 0.493 e. The van der Waals surface area contributed by atoms with E-state index < -0.39 is 6.03 Å². The van der Waals surface area contributed by atoms with Crippen LogP contribution in [-0.2, 0) is 0 Å². The van der Waals surface area contributed by atoms with Crippen LogP contribution in [0.2, 0.25) is 0 Å². The Kier molecular flexibility index (Phi) is 6.38. The van der Waals surface area contributed by atoms with E-state index >= 15 is 0 Å². The molecule has 6 nitrogen and oxygen atoms in total. The van der Waals surface area contributed by atoms with Crippen molar-refractivity contribution >= 4 is 12.2 Å². The highest BCUT2D eigenvalue weighted by Gasteiger charge is 2.00. The molecule has 1 aromatic carbocycles. The molecule has 0 atom stereocenters. The third-order valence-electron chi connectivity index (χ3n) is 2.30. The summed E-state index contributed by atoms with van der Waals surface area (Å²) in [5, 5.41) is 3.72. The fourth-order valence-corrected chi connectivity index (χ4v) is 1.45. The molecule has 0 aliphatic carbocycles. The van der Waals surface area contributed by atoms with Crippen molar-refractivity contribution in [2.24, 2.45) is 10.8 Å². The number of rotatable bonds is 7. The number of nitrogens with zero attached hydrogens (tertiary/aromatic N) is 2. The van der Waals surface area contributed by atoms with Crippen LogP contribution in [0.4, 0.5) is 4.79 Å². The molecule has 19 heavy (non-hydrogen) atoms. The number of nitrogens with one attached hydrogen (secondary N) is 1. The first-order chi connectivity index (χ1) is 9.09. The fourth-order valence-electron chi connectivity index (χ4n) is 1.45. The number of urea groups is 1. The molecule has 2 amide bonds. The van der Waals surface area contributed by atoms with Gasteiger partial charge in [0.15, 0.2) is 0 Å². The minimum absolute atomic E-state index is 0.631. The molecule has 0 saturated carbocycles. The lowest BCUT2D eigenvalue weighted by Crippen LogP contribution is -2.24. The summed E-state index contributed by atoms with van der Waals surface area (Å²) in [5.41, 5.74) is 7.86. The Bertz CT molecular complexity index is 432. The molecule has 104 valence electrons. The van der Waals surface area contributed by atoms with Crippen molar-refractivity contribution in [3.8, 4) is 5.75 Å². The minimum atomic E-state index is -0.694. The van der Waals surface area contributed by atoms with Crippen LogP contribution < -0.4 is 15.9 Å². The van der Waals surface area contributed by atoms with Gasteiger partial charge in [0, 0.05) is 12.1 Å². The fraction of sp³-hybridized carbons (Fsp3) is 0.385. The number of hydrazone groups is 1. The number of nitrogens with two attached hydrogens (primary N) is 1. The summed E-state index contributed by atoms with van der Waals surface area (Å²) in [4.78, 5) is 12.6. The summed E-state index contributed by atoms with van der Waals surface area (Å²) < 4.78 is 5.68. The molecule has 1 aromatic rings. The standard InChI is InChI=1S/C13H20N4O2/c1-17(2)8-5-9-19-12-7-4-3-6-11(12)10-15-16-13(14)18/h3-4,6-7,10H,5,8-9H2,1-2H3,(H3,14,16,18). The molecule has 0 bridgehead atoms. The summed E-state index contributed by atoms with van der Waals surface area (Å²) in [5.74, 6) is 0.733. The van der Waals surface area contributed by atoms with E-state index in [-0.39, 0.29) is 0 Å². The van der Waals surface area contributed by atoms with Crippen molar-refractivity contribution in [2.75, 3.05) is 27.2 Å². The Balaban J connectivity index is 2.53. The molecule has 0 unspecified atom stereocenters. The highest BCUT2D eigenvalue weighted by Crippen LogP contribution is 2.15. The molecule has 3 N–H and O–H groups in total. The maximum absolute atomic E-state index is 10.5. The number of hydrogen-bond donors (Lipinski definition) is 2. The molecule has 0 radical (unpaired) electrons. The maximum Gasteiger partial charge on any atom is 0.332 e. The summed E-state index contributed by atoms with van der Waals surface area (Å²) in [6, 6.07) is 6.79. The first kappa shape index (κ1) is 15.0. The van der Waals surface area contributed by atoms with Gasteiger partial charge in [-0.1, -0.05) is 12.1 Å². The van der Waals surface area contributed by atoms with Gasteiger partial charge >= 0.3 is 6.03 Å². The molecule has 0 aromatic heterocycles. The average Bonchev–Trinajstić information content (AvgIpc) is 2.35. The minimum Gasteiger partial charge on any atom is -0.493 e. The predicted molar refractivity (Wildman–Crippen MR) is 75.4 cm³/mol. The lowest BCUT2D eigenvalue weighted by Gasteiger charge is -2.11. The van der Waals surface area contributed by atoms with Crippen LogP contribution in [0.5, 0.6) is 5.75 Å². The Morgan fingerprint density at radius 1 is 1.47 bits per heavy atom. The number of primary amides is 1. The van der Waals surface area contributed by atoms with Gasteiger partial charge in [-0.15, -0.1) is 0 Å². The summed E-state index contributed by atoms with van der Waals surface area (Å²) in [6.07, 6.45) is 2.45. The van der Waals surface area contributed by atoms with Crippen LogP contribution in [0.1, 0.15) is 12.0 Å². The van der Waals surface area contributed by atoms with E-state index in [2.05, 4.69) is 15.4 Å². The van der Waals surface area contributed by atoms with E-state index in [1.807, 2.05) is 38.4 Å². The molecule has 0 spiro atoms. The van der Waals surface area contributed by atoms with E-state index in [1.54, 1.807) is 0 Å². The van der Waals surface area contributed by atoms with Gasteiger partial charge in [0.1, 0.15) is 5.75 Å². The normalized spacial score (nSPS) is 10.9. The molecular formula is C13H20N4O2. The Hall–Kier alpha value is -2.08. The number of carbonyl (C=O) groups is 1. The van der Waals surface area contributed by atoms with Crippen LogP contribution in [0.25, 0.3) is 0 Å². The molecule has 0 heterocycles. The highest BCUT2D eigenvalue weighted by molar-refractivity contribution is 5.84. The zero-order valence-electron chi connectivity index (χ0n) is 11.3. The molecule has 1 rings (SSSR count). The molecule has 0 fully saturated rings. The van der Waals surface area contributed by atoms with Gasteiger partial charge < -0.3 is 15.4 Å². The average molecular weight is 264 g/mol. The molecule has 0 aliphatic rings. The van der Waals surface area contributed by atoms with Gasteiger partial charge in [0.2, 0.25) is 0 Å². The molecule has 6 heteroatoms. The number of hydrogen-bond acceptors (Lipinski definition) is 4. The van der Waals surface area contributed by atoms with Crippen molar-refractivity contribution in [1.82, 2.24) is 10.3 Å². The Morgan fingerprint density at radius 2 is 2.21 bits per heavy atom. The monoisotopic (exact) mass is 264 g/mol. The Labute approximate surface area is 113 Å². The molecule has 0 saturated heterocycles. The summed E-state index contributed by atoms with van der Waals surface area (Å²) >= 11 is 0. The highest BCUT2D eigenvalue weighted by atomic mass is 16.5. The number of para-hydroxylation sites is 1. The lowest BCUT2D eigenvalue weighted by molar-refractivity contribution is 0.249. The Morgan fingerprint density at radius 3 is 2.89 bits per heavy atom. The van der Waals surface area contributed by atoms with E-state index in [1.165, 1.54) is 6.21 Å². The van der Waals surface area contributed by atoms with Crippen LogP contribution in [-0.4, -0.2) is 44.4 Å². The second kappa shape index (κ2) is 8.10. The first-order valence-corrected chi connectivity index (χ1v) is 6.04. The van der Waals surface area contributed by atoms with Crippen LogP contribution in [0.3, 0.4) is 0 Å². The van der Waals surface area contributed by atoms with E-state index in [0.717, 1.165) is 24.3 Å². The van der Waals surface area contributed by atoms with Gasteiger partial charge in [-0.2, -0.15) is 5.10 Å². The van der Waals surface area contributed by atoms with Gasteiger partial charge in [0.05, 0.1) is 12.8 Å². The molecule has 0 aliphatic heterocycles. The van der Waals surface area contributed by atoms with E-state index in [0.29, 0.717) is 6.61 Å². The van der Waals surface area contributed by atoms with Crippen LogP contribution in [0, 0.1) is 0 Å². The van der Waals surface area contributed by atoms with Crippen molar-refractivity contribution in [3.63, 3.8) is 0 Å². The second-order valence-electron chi connectivity index (χ2n) is 4.28. The van der Waals surface area contributed by atoms with Crippen molar-refractivity contribution in [1.29, 1.82) is 0 Å². The summed E-state index contributed by atoms with van der Waals surface area (Å²) in [6.45, 7) is 1.60. The SMILES string of the molecule is CN(C)CCCOc1ccccc1C=NNC(N)=O. The number of carbonyl (C=O) groups excluding carboxylic acids is 1. The van der Waals surface area contributed by atoms with Crippen molar-refractivity contribution in [3.05, 3.63) is 29.8 Å². The zero-order valence-corrected chi connectivity index (χ0v) is 11.3. The smallest absolute Gasteiger partial charge is 0.332 e. The third-order valence-corrected chi connectivity index (χ3v) is 2.30. The maximum atomic E-state index is 10.5. The number of amides is 2. The second-order valence-corrected chi connectivity index (χ2v) is 4.28. The quantitative estimate of drug-likeness (QED) is 0.438. The van der Waals surface area contributed by atoms with Crippen molar-refractivity contribution in [2.45, 2.75) is 6.42 Å². The van der Waals surface area contributed by atoms with Gasteiger partial charge in [0.25, 0.3) is 0 Å². The third kappa shape index (κ3) is 6.42. The van der Waals surface area contributed by atoms with Crippen LogP contribution in [0.15, 0.2) is 29.4 Å². The van der Waals surface area contributed by atoms with Gasteiger partial charge in [-0.05, 0) is 32.6 Å². The number of benzene rings is 1. The van der Waals surface area contributed by atoms with Gasteiger partial charge in [-0.3, -0.25) is 0 Å². The lowest BCUT2D eigenvalue weighted by atomic mass is 10.2. The summed E-state index contributed by atoms with van der Waals surface area (Å²) in [7, 11) is 4.05. The van der Waals surface area contributed by atoms with E-state index in [4.69, 9.17) is 10.5 Å². The van der Waals surface area contributed by atoms with E-state index in [9.17, 15) is 4.79 Å². The topological polar surface area (TPSA) is 79.9 Å². The first-order valence-electron chi connectivity index (χ1n) is 6.04. The predicted octanol–water partition coefficient (Wildman–Crippen LogP) is 1.02. The molecular weight excluding hydrogens is 244 g/mol.